The summed E-state index contributed by atoms with van der Waals surface area (Å²) in [5.41, 5.74) is 0. The Labute approximate surface area is 96.4 Å². The van der Waals surface area contributed by atoms with E-state index in [-0.39, 0.29) is 13.0 Å². The molecule has 1 atom stereocenters. The minimum Gasteiger partial charge on any atom is -0.381 e. The molecular weight excluding hydrogens is 217 g/mol. The minimum absolute atomic E-state index is 0.182. The van der Waals surface area contributed by atoms with Crippen molar-refractivity contribution in [2.75, 3.05) is 13.2 Å². The van der Waals surface area contributed by atoms with Crippen LogP contribution in [0.1, 0.15) is 45.4 Å². The fourth-order valence-electron chi connectivity index (χ4n) is 1.41. The molecule has 0 bridgehead atoms. The fraction of sp³-hybridized carbons (Fsp3) is 0.917. The van der Waals surface area contributed by atoms with Crippen molar-refractivity contribution in [2.45, 2.75) is 51.6 Å². The van der Waals surface area contributed by atoms with E-state index in [2.05, 4.69) is 6.92 Å². The van der Waals surface area contributed by atoms with E-state index in [9.17, 15) is 13.2 Å². The van der Waals surface area contributed by atoms with E-state index in [4.69, 9.17) is 4.74 Å². The lowest BCUT2D eigenvalue weighted by Crippen LogP contribution is -2.27. The fourth-order valence-corrected chi connectivity index (χ4v) is 1.41. The van der Waals surface area contributed by atoms with Crippen LogP contribution in [0.5, 0.6) is 0 Å². The van der Waals surface area contributed by atoms with Crippen molar-refractivity contribution in [3.63, 3.8) is 0 Å². The van der Waals surface area contributed by atoms with Crippen LogP contribution in [0.4, 0.5) is 13.2 Å². The van der Waals surface area contributed by atoms with Crippen LogP contribution in [0.25, 0.3) is 0 Å². The molecule has 0 heterocycles. The maximum absolute atomic E-state index is 12.6. The van der Waals surface area contributed by atoms with Gasteiger partial charge in [-0.3, -0.25) is 0 Å². The molecular formula is C12H22F3O. The van der Waals surface area contributed by atoms with Crippen molar-refractivity contribution in [1.82, 2.24) is 0 Å². The molecule has 0 spiro atoms. The zero-order chi connectivity index (χ0) is 12.4. The first kappa shape index (κ1) is 15.8. The average Bonchev–Trinajstić information content (AvgIpc) is 2.20. The summed E-state index contributed by atoms with van der Waals surface area (Å²) >= 11 is 0. The number of rotatable bonds is 9. The summed E-state index contributed by atoms with van der Waals surface area (Å²) in [5.74, 6) is -1.30. The lowest BCUT2D eigenvalue weighted by atomic mass is 10.0. The first-order valence-electron chi connectivity index (χ1n) is 5.96. The smallest absolute Gasteiger partial charge is 0.381 e. The maximum atomic E-state index is 12.6. The highest BCUT2D eigenvalue weighted by molar-refractivity contribution is 4.67. The van der Waals surface area contributed by atoms with E-state index in [0.29, 0.717) is 19.4 Å². The van der Waals surface area contributed by atoms with Crippen molar-refractivity contribution in [3.05, 3.63) is 6.92 Å². The van der Waals surface area contributed by atoms with Gasteiger partial charge in [0.25, 0.3) is 0 Å². The molecule has 1 nitrogen and oxygen atoms in total. The van der Waals surface area contributed by atoms with Gasteiger partial charge in [0.1, 0.15) is 0 Å². The molecule has 0 N–H and O–H groups in total. The standard InChI is InChI=1S/C12H22F3O/c1-3-5-7-8-11(12(13,14)15)10-16-9-6-4-2/h11H,2-10H2,1H3. The van der Waals surface area contributed by atoms with Crippen molar-refractivity contribution in [2.24, 2.45) is 5.92 Å². The number of halogens is 3. The van der Waals surface area contributed by atoms with Gasteiger partial charge in [0.2, 0.25) is 0 Å². The molecule has 0 saturated heterocycles. The molecule has 0 fully saturated rings. The second-order valence-corrected chi connectivity index (χ2v) is 4.02. The van der Waals surface area contributed by atoms with Gasteiger partial charge in [-0.05, 0) is 12.8 Å². The monoisotopic (exact) mass is 239 g/mol. The van der Waals surface area contributed by atoms with Gasteiger partial charge in [-0.2, -0.15) is 13.2 Å². The van der Waals surface area contributed by atoms with E-state index in [0.717, 1.165) is 19.3 Å². The van der Waals surface area contributed by atoms with Gasteiger partial charge in [0.05, 0.1) is 12.5 Å². The number of unbranched alkanes of at least 4 members (excludes halogenated alkanes) is 3. The third-order valence-corrected chi connectivity index (χ3v) is 2.48. The van der Waals surface area contributed by atoms with E-state index in [1.807, 2.05) is 6.92 Å². The lowest BCUT2D eigenvalue weighted by molar-refractivity contribution is -0.190. The summed E-state index contributed by atoms with van der Waals surface area (Å²) in [5, 5.41) is 0. The SMILES string of the molecule is [CH2]CCCOCC(CCCCC)C(F)(F)F. The minimum atomic E-state index is -4.13. The molecule has 1 radical (unpaired) electrons. The van der Waals surface area contributed by atoms with Gasteiger partial charge in [0, 0.05) is 6.61 Å². The zero-order valence-electron chi connectivity index (χ0n) is 9.98. The molecule has 0 amide bonds. The molecule has 97 valence electrons. The second kappa shape index (κ2) is 8.85. The van der Waals surface area contributed by atoms with Gasteiger partial charge in [-0.1, -0.05) is 39.5 Å². The van der Waals surface area contributed by atoms with Crippen molar-refractivity contribution >= 4 is 0 Å². The summed E-state index contributed by atoms with van der Waals surface area (Å²) in [6, 6.07) is 0. The van der Waals surface area contributed by atoms with E-state index in [1.165, 1.54) is 0 Å². The van der Waals surface area contributed by atoms with Crippen LogP contribution < -0.4 is 0 Å². The van der Waals surface area contributed by atoms with E-state index < -0.39 is 12.1 Å². The third kappa shape index (κ3) is 7.97. The summed E-state index contributed by atoms with van der Waals surface area (Å²) in [4.78, 5) is 0. The Kier molecular flexibility index (Phi) is 8.71. The number of ether oxygens (including phenoxy) is 1. The Morgan fingerprint density at radius 3 is 2.38 bits per heavy atom. The summed E-state index contributed by atoms with van der Waals surface area (Å²) in [6.45, 7) is 5.77. The predicted molar refractivity (Wildman–Crippen MR) is 59.1 cm³/mol. The molecule has 16 heavy (non-hydrogen) atoms. The Morgan fingerprint density at radius 1 is 1.19 bits per heavy atom. The van der Waals surface area contributed by atoms with Crippen molar-refractivity contribution in [3.8, 4) is 0 Å². The number of alkyl halides is 3. The van der Waals surface area contributed by atoms with Gasteiger partial charge < -0.3 is 4.74 Å². The summed E-state index contributed by atoms with van der Waals surface area (Å²) < 4.78 is 42.7. The predicted octanol–water partition coefficient (Wildman–Crippen LogP) is 4.38. The number of hydrogen-bond acceptors (Lipinski definition) is 1. The van der Waals surface area contributed by atoms with Crippen LogP contribution in [-0.4, -0.2) is 19.4 Å². The van der Waals surface area contributed by atoms with Crippen LogP contribution in [-0.2, 0) is 4.74 Å². The quantitative estimate of drug-likeness (QED) is 0.543. The molecule has 0 saturated carbocycles. The largest absolute Gasteiger partial charge is 0.394 e. The van der Waals surface area contributed by atoms with Gasteiger partial charge >= 0.3 is 6.18 Å². The molecule has 0 aromatic rings. The Balaban J connectivity index is 3.82. The maximum Gasteiger partial charge on any atom is 0.394 e. The molecule has 0 aliphatic heterocycles. The topological polar surface area (TPSA) is 9.23 Å². The molecule has 0 aromatic heterocycles. The van der Waals surface area contributed by atoms with Crippen LogP contribution in [0.2, 0.25) is 0 Å². The van der Waals surface area contributed by atoms with Crippen LogP contribution in [0.3, 0.4) is 0 Å². The van der Waals surface area contributed by atoms with E-state index in [1.54, 1.807) is 0 Å². The Hall–Kier alpha value is -0.250. The molecule has 0 aliphatic carbocycles. The highest BCUT2D eigenvalue weighted by atomic mass is 19.4. The normalized spacial score (nSPS) is 14.1. The Morgan fingerprint density at radius 2 is 1.88 bits per heavy atom. The van der Waals surface area contributed by atoms with E-state index >= 15 is 0 Å². The highest BCUT2D eigenvalue weighted by Gasteiger charge is 2.38. The third-order valence-electron chi connectivity index (χ3n) is 2.48. The van der Waals surface area contributed by atoms with Gasteiger partial charge in [0.15, 0.2) is 0 Å². The van der Waals surface area contributed by atoms with Crippen LogP contribution in [0, 0.1) is 12.8 Å². The summed E-state index contributed by atoms with van der Waals surface area (Å²) in [7, 11) is 0. The zero-order valence-corrected chi connectivity index (χ0v) is 9.98. The van der Waals surface area contributed by atoms with Gasteiger partial charge in [-0.15, -0.1) is 0 Å². The molecule has 0 aliphatic rings. The molecule has 0 aromatic carbocycles. The average molecular weight is 239 g/mol. The number of hydrogen-bond donors (Lipinski definition) is 0. The van der Waals surface area contributed by atoms with Crippen molar-refractivity contribution in [1.29, 1.82) is 0 Å². The Bertz CT molecular complexity index is 157. The van der Waals surface area contributed by atoms with Gasteiger partial charge in [-0.25, -0.2) is 0 Å². The van der Waals surface area contributed by atoms with Crippen molar-refractivity contribution < 1.29 is 17.9 Å². The molecule has 4 heteroatoms. The van der Waals surface area contributed by atoms with Crippen LogP contribution in [0.15, 0.2) is 0 Å². The molecule has 0 rings (SSSR count). The first-order chi connectivity index (χ1) is 7.52. The van der Waals surface area contributed by atoms with Crippen LogP contribution >= 0.6 is 0 Å². The highest BCUT2D eigenvalue weighted by Crippen LogP contribution is 2.30. The second-order valence-electron chi connectivity index (χ2n) is 4.02. The first-order valence-corrected chi connectivity index (χ1v) is 5.96. The summed E-state index contributed by atoms with van der Waals surface area (Å²) in [6.07, 6.45) is -0.107. The lowest BCUT2D eigenvalue weighted by Gasteiger charge is -2.20. The molecule has 1 unspecified atom stereocenters.